The Hall–Kier alpha value is -3.16. The first-order valence-electron chi connectivity index (χ1n) is 9.93. The number of hydrogen-bond acceptors (Lipinski definition) is 4. The van der Waals surface area contributed by atoms with E-state index in [1.165, 1.54) is 19.2 Å². The Balaban J connectivity index is 1.89. The summed E-state index contributed by atoms with van der Waals surface area (Å²) in [6, 6.07) is 21.6. The fraction of sp³-hybridized carbons (Fsp3) is 0.208. The summed E-state index contributed by atoms with van der Waals surface area (Å²) in [7, 11) is -2.44. The van der Waals surface area contributed by atoms with Crippen molar-refractivity contribution in [3.8, 4) is 5.75 Å². The van der Waals surface area contributed by atoms with Crippen molar-refractivity contribution in [2.24, 2.45) is 0 Å². The second-order valence-electron chi connectivity index (χ2n) is 7.42. The Kier molecular flexibility index (Phi) is 7.09. The van der Waals surface area contributed by atoms with E-state index in [9.17, 15) is 13.2 Å². The minimum absolute atomic E-state index is 0.0751. The largest absolute Gasteiger partial charge is 0.495 e. The summed E-state index contributed by atoms with van der Waals surface area (Å²) in [6.07, 6.45) is 0.665. The molecule has 0 saturated carbocycles. The van der Waals surface area contributed by atoms with Crippen LogP contribution in [0, 0.1) is 0 Å². The zero-order valence-corrected chi connectivity index (χ0v) is 18.6. The molecule has 0 aliphatic heterocycles. The van der Waals surface area contributed by atoms with E-state index in [2.05, 4.69) is 10.0 Å². The van der Waals surface area contributed by atoms with Crippen molar-refractivity contribution < 1.29 is 17.9 Å². The van der Waals surface area contributed by atoms with Gasteiger partial charge in [-0.1, -0.05) is 48.5 Å². The summed E-state index contributed by atoms with van der Waals surface area (Å²) in [5.74, 6) is -0.224. The molecule has 3 rings (SSSR count). The van der Waals surface area contributed by atoms with Crippen LogP contribution in [-0.2, 0) is 16.4 Å². The minimum Gasteiger partial charge on any atom is -0.495 e. The number of para-hydroxylation sites is 1. The number of nitrogens with one attached hydrogen (secondary N) is 2. The van der Waals surface area contributed by atoms with Crippen LogP contribution >= 0.6 is 0 Å². The Morgan fingerprint density at radius 3 is 2.32 bits per heavy atom. The van der Waals surface area contributed by atoms with E-state index in [1.807, 2.05) is 54.6 Å². The number of amides is 1. The zero-order chi connectivity index (χ0) is 22.4. The fourth-order valence-corrected chi connectivity index (χ4v) is 4.65. The normalized spacial score (nSPS) is 11.4. The number of carbonyl (C=O) groups is 1. The SMILES string of the molecule is COc1ccc(C(=O)Nc2ccccc2Cc2ccccc2)cc1S(=O)(=O)NC(C)C. The Labute approximate surface area is 183 Å². The molecule has 0 radical (unpaired) electrons. The molecule has 0 aromatic heterocycles. The van der Waals surface area contributed by atoms with Gasteiger partial charge in [0, 0.05) is 17.3 Å². The smallest absolute Gasteiger partial charge is 0.255 e. The first kappa shape index (κ1) is 22.5. The molecule has 31 heavy (non-hydrogen) atoms. The van der Waals surface area contributed by atoms with Crippen LogP contribution in [0.2, 0.25) is 0 Å². The molecule has 3 aromatic rings. The van der Waals surface area contributed by atoms with Crippen molar-refractivity contribution in [2.75, 3.05) is 12.4 Å². The van der Waals surface area contributed by atoms with Crippen LogP contribution in [0.25, 0.3) is 0 Å². The highest BCUT2D eigenvalue weighted by molar-refractivity contribution is 7.89. The van der Waals surface area contributed by atoms with Gasteiger partial charge in [0.2, 0.25) is 10.0 Å². The topological polar surface area (TPSA) is 84.5 Å². The fourth-order valence-electron chi connectivity index (χ4n) is 3.21. The second kappa shape index (κ2) is 9.76. The molecule has 0 bridgehead atoms. The van der Waals surface area contributed by atoms with Crippen molar-refractivity contribution in [2.45, 2.75) is 31.2 Å². The van der Waals surface area contributed by atoms with Gasteiger partial charge >= 0.3 is 0 Å². The first-order valence-corrected chi connectivity index (χ1v) is 11.4. The van der Waals surface area contributed by atoms with Gasteiger partial charge in [0.25, 0.3) is 5.91 Å². The van der Waals surface area contributed by atoms with Crippen molar-refractivity contribution in [3.63, 3.8) is 0 Å². The molecule has 6 nitrogen and oxygen atoms in total. The summed E-state index contributed by atoms with van der Waals surface area (Å²) in [6.45, 7) is 3.45. The summed E-state index contributed by atoms with van der Waals surface area (Å²) in [5, 5.41) is 2.91. The number of benzene rings is 3. The van der Waals surface area contributed by atoms with E-state index in [0.29, 0.717) is 12.1 Å². The molecule has 0 heterocycles. The van der Waals surface area contributed by atoms with Gasteiger partial charge in [-0.15, -0.1) is 0 Å². The molecule has 0 atom stereocenters. The van der Waals surface area contributed by atoms with Crippen LogP contribution in [0.15, 0.2) is 77.7 Å². The third-order valence-electron chi connectivity index (χ3n) is 4.61. The van der Waals surface area contributed by atoms with Crippen LogP contribution in [0.5, 0.6) is 5.75 Å². The molecule has 162 valence electrons. The number of rotatable bonds is 8. The van der Waals surface area contributed by atoms with Gasteiger partial charge in [0.15, 0.2) is 0 Å². The van der Waals surface area contributed by atoms with Gasteiger partial charge in [-0.05, 0) is 55.7 Å². The van der Waals surface area contributed by atoms with Gasteiger partial charge in [-0.2, -0.15) is 0 Å². The van der Waals surface area contributed by atoms with Gasteiger partial charge in [0.1, 0.15) is 10.6 Å². The molecular formula is C24H26N2O4S. The zero-order valence-electron chi connectivity index (χ0n) is 17.8. The molecule has 0 aliphatic rings. The van der Waals surface area contributed by atoms with E-state index in [0.717, 1.165) is 11.1 Å². The van der Waals surface area contributed by atoms with Crippen molar-refractivity contribution in [1.29, 1.82) is 0 Å². The lowest BCUT2D eigenvalue weighted by Crippen LogP contribution is -2.30. The molecule has 0 spiro atoms. The number of hydrogen-bond donors (Lipinski definition) is 2. The van der Waals surface area contributed by atoms with E-state index >= 15 is 0 Å². The monoisotopic (exact) mass is 438 g/mol. The maximum absolute atomic E-state index is 13.0. The van der Waals surface area contributed by atoms with Gasteiger partial charge in [-0.3, -0.25) is 4.79 Å². The second-order valence-corrected chi connectivity index (χ2v) is 9.10. The molecule has 3 aromatic carbocycles. The average Bonchev–Trinajstić information content (AvgIpc) is 2.74. The molecule has 1 amide bonds. The Bertz CT molecular complexity index is 1160. The summed E-state index contributed by atoms with van der Waals surface area (Å²) in [5.41, 5.74) is 2.99. The predicted molar refractivity (Wildman–Crippen MR) is 122 cm³/mol. The highest BCUT2D eigenvalue weighted by atomic mass is 32.2. The van der Waals surface area contributed by atoms with E-state index in [-0.39, 0.29) is 22.3 Å². The molecular weight excluding hydrogens is 412 g/mol. The lowest BCUT2D eigenvalue weighted by molar-refractivity contribution is 0.102. The van der Waals surface area contributed by atoms with Gasteiger partial charge in [0.05, 0.1) is 7.11 Å². The molecule has 0 unspecified atom stereocenters. The molecule has 0 aliphatic carbocycles. The molecule has 0 saturated heterocycles. The Morgan fingerprint density at radius 1 is 0.968 bits per heavy atom. The van der Waals surface area contributed by atoms with Crippen LogP contribution in [0.1, 0.15) is 35.3 Å². The maximum atomic E-state index is 13.0. The Morgan fingerprint density at radius 2 is 1.65 bits per heavy atom. The molecule has 2 N–H and O–H groups in total. The van der Waals surface area contributed by atoms with Crippen molar-refractivity contribution in [1.82, 2.24) is 4.72 Å². The lowest BCUT2D eigenvalue weighted by Gasteiger charge is -2.15. The van der Waals surface area contributed by atoms with Crippen LogP contribution in [0.4, 0.5) is 5.69 Å². The minimum atomic E-state index is -3.84. The third-order valence-corrected chi connectivity index (χ3v) is 6.29. The summed E-state index contributed by atoms with van der Waals surface area (Å²) < 4.78 is 33.1. The lowest BCUT2D eigenvalue weighted by atomic mass is 10.0. The van der Waals surface area contributed by atoms with E-state index < -0.39 is 15.9 Å². The van der Waals surface area contributed by atoms with Crippen LogP contribution < -0.4 is 14.8 Å². The number of carbonyl (C=O) groups excluding carboxylic acids is 1. The van der Waals surface area contributed by atoms with Crippen molar-refractivity contribution >= 4 is 21.6 Å². The van der Waals surface area contributed by atoms with Crippen molar-refractivity contribution in [3.05, 3.63) is 89.5 Å². The number of methoxy groups -OCH3 is 1. The van der Waals surface area contributed by atoms with Gasteiger partial charge in [-0.25, -0.2) is 13.1 Å². The average molecular weight is 439 g/mol. The van der Waals surface area contributed by atoms with Crippen LogP contribution in [-0.4, -0.2) is 27.5 Å². The number of anilines is 1. The maximum Gasteiger partial charge on any atom is 0.255 e. The summed E-state index contributed by atoms with van der Waals surface area (Å²) in [4.78, 5) is 12.9. The summed E-state index contributed by atoms with van der Waals surface area (Å²) >= 11 is 0. The quantitative estimate of drug-likeness (QED) is 0.551. The first-order chi connectivity index (χ1) is 14.8. The van der Waals surface area contributed by atoms with Crippen LogP contribution in [0.3, 0.4) is 0 Å². The molecule has 7 heteroatoms. The molecule has 0 fully saturated rings. The highest BCUT2D eigenvalue weighted by Crippen LogP contribution is 2.26. The van der Waals surface area contributed by atoms with Gasteiger partial charge < -0.3 is 10.1 Å². The number of ether oxygens (including phenoxy) is 1. The standard InChI is InChI=1S/C24H26N2O4S/c1-17(2)26-31(28,29)23-16-20(13-14-22(23)30-3)24(27)25-21-12-8-7-11-19(21)15-18-9-5-4-6-10-18/h4-14,16-17,26H,15H2,1-3H3,(H,25,27). The number of sulfonamides is 1. The van der Waals surface area contributed by atoms with E-state index in [1.54, 1.807) is 19.9 Å². The third kappa shape index (κ3) is 5.71. The highest BCUT2D eigenvalue weighted by Gasteiger charge is 2.22. The van der Waals surface area contributed by atoms with E-state index in [4.69, 9.17) is 4.74 Å². The predicted octanol–water partition coefficient (Wildman–Crippen LogP) is 4.23.